The molecule has 84 valence electrons. The Morgan fingerprint density at radius 3 is 2.75 bits per heavy atom. The minimum atomic E-state index is 0.984. The van der Waals surface area contributed by atoms with Crippen LogP contribution in [0.4, 0.5) is 0 Å². The molecule has 2 aromatic rings. The third kappa shape index (κ3) is 1.90. The second-order valence-electron chi connectivity index (χ2n) is 4.42. The van der Waals surface area contributed by atoms with E-state index in [9.17, 15) is 0 Å². The van der Waals surface area contributed by atoms with Crippen molar-refractivity contribution in [1.29, 1.82) is 0 Å². The Labute approximate surface area is 96.8 Å². The van der Waals surface area contributed by atoms with Crippen LogP contribution in [0.2, 0.25) is 0 Å². The van der Waals surface area contributed by atoms with Crippen LogP contribution in [-0.4, -0.2) is 0 Å². The van der Waals surface area contributed by atoms with Gasteiger partial charge in [0.15, 0.2) is 0 Å². The average Bonchev–Trinajstić information content (AvgIpc) is 2.55. The van der Waals surface area contributed by atoms with Gasteiger partial charge in [-0.25, -0.2) is 0 Å². The van der Waals surface area contributed by atoms with Gasteiger partial charge in [0.05, 0.1) is 0 Å². The van der Waals surface area contributed by atoms with Gasteiger partial charge in [-0.05, 0) is 39.3 Å². The number of fused-ring (bicyclic) bond motifs is 1. The van der Waals surface area contributed by atoms with E-state index in [0.29, 0.717) is 0 Å². The number of rotatable bonds is 2. The summed E-state index contributed by atoms with van der Waals surface area (Å²) in [5.74, 6) is 1.01. The van der Waals surface area contributed by atoms with Gasteiger partial charge in [-0.1, -0.05) is 30.2 Å². The van der Waals surface area contributed by atoms with Gasteiger partial charge in [0, 0.05) is 10.9 Å². The van der Waals surface area contributed by atoms with Crippen molar-refractivity contribution in [3.63, 3.8) is 0 Å². The van der Waals surface area contributed by atoms with E-state index in [1.807, 2.05) is 6.92 Å². The van der Waals surface area contributed by atoms with Crippen LogP contribution in [0, 0.1) is 13.8 Å². The zero-order valence-electron chi connectivity index (χ0n) is 10.4. The zero-order chi connectivity index (χ0) is 11.7. The first-order valence-electron chi connectivity index (χ1n) is 5.78. The molecule has 0 fully saturated rings. The Kier molecular flexibility index (Phi) is 2.86. The largest absolute Gasteiger partial charge is 0.461 e. The summed E-state index contributed by atoms with van der Waals surface area (Å²) in [6, 6.07) is 6.34. The lowest BCUT2D eigenvalue weighted by molar-refractivity contribution is 0.577. The van der Waals surface area contributed by atoms with Gasteiger partial charge in [-0.2, -0.15) is 0 Å². The van der Waals surface area contributed by atoms with E-state index in [-0.39, 0.29) is 0 Å². The molecule has 0 aliphatic heterocycles. The van der Waals surface area contributed by atoms with Crippen molar-refractivity contribution in [2.75, 3.05) is 0 Å². The number of hydrogen-bond donors (Lipinski definition) is 0. The van der Waals surface area contributed by atoms with Gasteiger partial charge < -0.3 is 4.42 Å². The molecule has 2 rings (SSSR count). The van der Waals surface area contributed by atoms with Crippen LogP contribution >= 0.6 is 0 Å². The minimum absolute atomic E-state index is 0.984. The van der Waals surface area contributed by atoms with Gasteiger partial charge in [-0.3, -0.25) is 0 Å². The van der Waals surface area contributed by atoms with Gasteiger partial charge in [0.25, 0.3) is 0 Å². The number of allylic oxidation sites excluding steroid dienone is 1. The summed E-state index contributed by atoms with van der Waals surface area (Å²) in [4.78, 5) is 0. The van der Waals surface area contributed by atoms with Crippen molar-refractivity contribution in [1.82, 2.24) is 0 Å². The Bertz CT molecular complexity index is 544. The van der Waals surface area contributed by atoms with Crippen LogP contribution in [0.1, 0.15) is 37.2 Å². The second kappa shape index (κ2) is 4.17. The SMILES string of the molecule is CC/C(C)=C/c1c(C)oc2ccc(C)cc12. The van der Waals surface area contributed by atoms with Gasteiger partial charge in [0.1, 0.15) is 11.3 Å². The van der Waals surface area contributed by atoms with Gasteiger partial charge >= 0.3 is 0 Å². The molecule has 0 bridgehead atoms. The Morgan fingerprint density at radius 2 is 2.06 bits per heavy atom. The van der Waals surface area contributed by atoms with Crippen molar-refractivity contribution in [2.45, 2.75) is 34.1 Å². The van der Waals surface area contributed by atoms with Crippen LogP contribution in [0.25, 0.3) is 17.0 Å². The number of hydrogen-bond acceptors (Lipinski definition) is 1. The first kappa shape index (κ1) is 11.0. The molecule has 0 saturated heterocycles. The van der Waals surface area contributed by atoms with Crippen molar-refractivity contribution in [3.05, 3.63) is 40.7 Å². The molecule has 0 N–H and O–H groups in total. The summed E-state index contributed by atoms with van der Waals surface area (Å²) in [5, 5.41) is 1.23. The average molecular weight is 214 g/mol. The molecular formula is C15H18O. The van der Waals surface area contributed by atoms with E-state index in [4.69, 9.17) is 4.42 Å². The molecule has 0 aliphatic rings. The fraction of sp³-hybridized carbons (Fsp3) is 0.333. The van der Waals surface area contributed by atoms with Gasteiger partial charge in [0.2, 0.25) is 0 Å². The third-order valence-electron chi connectivity index (χ3n) is 3.02. The fourth-order valence-electron chi connectivity index (χ4n) is 1.88. The Hall–Kier alpha value is -1.50. The van der Waals surface area contributed by atoms with E-state index in [0.717, 1.165) is 17.8 Å². The van der Waals surface area contributed by atoms with Crippen LogP contribution in [0.15, 0.2) is 28.2 Å². The molecule has 0 atom stereocenters. The normalized spacial score (nSPS) is 12.4. The summed E-state index contributed by atoms with van der Waals surface area (Å²) in [6.45, 7) is 8.48. The fourth-order valence-corrected chi connectivity index (χ4v) is 1.88. The molecule has 0 amide bonds. The predicted octanol–water partition coefficient (Wildman–Crippen LogP) is 4.86. The maximum absolute atomic E-state index is 5.75. The highest BCUT2D eigenvalue weighted by atomic mass is 16.3. The summed E-state index contributed by atoms with van der Waals surface area (Å²) in [5.41, 5.74) is 4.88. The summed E-state index contributed by atoms with van der Waals surface area (Å²) in [7, 11) is 0. The molecule has 1 heterocycles. The van der Waals surface area contributed by atoms with Crippen LogP contribution in [0.3, 0.4) is 0 Å². The second-order valence-corrected chi connectivity index (χ2v) is 4.42. The van der Waals surface area contributed by atoms with Crippen molar-refractivity contribution >= 4 is 17.0 Å². The van der Waals surface area contributed by atoms with Crippen LogP contribution in [-0.2, 0) is 0 Å². The molecule has 0 saturated carbocycles. The maximum atomic E-state index is 5.75. The molecule has 0 aliphatic carbocycles. The van der Waals surface area contributed by atoms with Crippen molar-refractivity contribution in [3.8, 4) is 0 Å². The van der Waals surface area contributed by atoms with Crippen molar-refractivity contribution in [2.24, 2.45) is 0 Å². The predicted molar refractivity (Wildman–Crippen MR) is 69.6 cm³/mol. The lowest BCUT2D eigenvalue weighted by atomic mass is 10.1. The summed E-state index contributed by atoms with van der Waals surface area (Å²) >= 11 is 0. The molecule has 0 spiro atoms. The monoisotopic (exact) mass is 214 g/mol. The Morgan fingerprint density at radius 1 is 1.31 bits per heavy atom. The van der Waals surface area contributed by atoms with Crippen LogP contribution < -0.4 is 0 Å². The highest BCUT2D eigenvalue weighted by Gasteiger charge is 2.08. The smallest absolute Gasteiger partial charge is 0.134 e. The number of aryl methyl sites for hydroxylation is 2. The summed E-state index contributed by atoms with van der Waals surface area (Å²) < 4.78 is 5.75. The Balaban J connectivity index is 2.67. The highest BCUT2D eigenvalue weighted by molar-refractivity contribution is 5.89. The maximum Gasteiger partial charge on any atom is 0.134 e. The van der Waals surface area contributed by atoms with E-state index in [1.165, 1.54) is 22.1 Å². The van der Waals surface area contributed by atoms with E-state index >= 15 is 0 Å². The first-order valence-corrected chi connectivity index (χ1v) is 5.78. The van der Waals surface area contributed by atoms with Crippen LogP contribution in [0.5, 0.6) is 0 Å². The standard InChI is InChI=1S/C15H18O/c1-5-10(2)8-13-12(4)16-15-7-6-11(3)9-14(13)15/h6-9H,5H2,1-4H3/b10-8+. The number of furan rings is 1. The van der Waals surface area contributed by atoms with E-state index < -0.39 is 0 Å². The highest BCUT2D eigenvalue weighted by Crippen LogP contribution is 2.28. The van der Waals surface area contributed by atoms with Crippen molar-refractivity contribution < 1.29 is 4.42 Å². The molecule has 0 unspecified atom stereocenters. The molecule has 1 heteroatoms. The molecule has 16 heavy (non-hydrogen) atoms. The lowest BCUT2D eigenvalue weighted by Crippen LogP contribution is -1.78. The van der Waals surface area contributed by atoms with E-state index in [1.54, 1.807) is 0 Å². The minimum Gasteiger partial charge on any atom is -0.461 e. The number of benzene rings is 1. The lowest BCUT2D eigenvalue weighted by Gasteiger charge is -1.97. The first-order chi connectivity index (χ1) is 7.61. The topological polar surface area (TPSA) is 13.1 Å². The summed E-state index contributed by atoms with van der Waals surface area (Å²) in [6.07, 6.45) is 3.32. The quantitative estimate of drug-likeness (QED) is 0.695. The molecule has 0 radical (unpaired) electrons. The van der Waals surface area contributed by atoms with Gasteiger partial charge in [-0.15, -0.1) is 0 Å². The molecule has 1 aromatic heterocycles. The third-order valence-corrected chi connectivity index (χ3v) is 3.02. The van der Waals surface area contributed by atoms with E-state index in [2.05, 4.69) is 45.0 Å². The molecule has 1 aromatic carbocycles. The molecule has 1 nitrogen and oxygen atoms in total. The zero-order valence-corrected chi connectivity index (χ0v) is 10.4. The molecular weight excluding hydrogens is 196 g/mol.